The number of nitrogens with zero attached hydrogens (tertiary/aromatic N) is 2. The lowest BCUT2D eigenvalue weighted by Gasteiger charge is -2.33. The molecule has 2 N–H and O–H groups in total. The van der Waals surface area contributed by atoms with Gasteiger partial charge in [0, 0.05) is 25.2 Å². The van der Waals surface area contributed by atoms with E-state index in [4.69, 9.17) is 0 Å². The maximum atomic E-state index is 9.71. The summed E-state index contributed by atoms with van der Waals surface area (Å²) >= 11 is 0. The lowest BCUT2D eigenvalue weighted by atomic mass is 9.91. The van der Waals surface area contributed by atoms with Gasteiger partial charge in [-0.3, -0.25) is 0 Å². The molecule has 0 spiro atoms. The Morgan fingerprint density at radius 2 is 1.76 bits per heavy atom. The molecule has 21 heavy (non-hydrogen) atoms. The molecular formula is C17H39N3O. The smallest absolute Gasteiger partial charge is 0.0613 e. The van der Waals surface area contributed by atoms with E-state index >= 15 is 0 Å². The highest BCUT2D eigenvalue weighted by atomic mass is 16.3. The van der Waals surface area contributed by atoms with Crippen molar-refractivity contribution in [1.29, 1.82) is 0 Å². The number of aliphatic hydroxyl groups is 1. The van der Waals surface area contributed by atoms with E-state index in [0.29, 0.717) is 5.92 Å². The van der Waals surface area contributed by atoms with E-state index in [1.807, 2.05) is 0 Å². The molecule has 0 fully saturated rings. The second-order valence-corrected chi connectivity index (χ2v) is 6.92. The number of aliphatic hydroxyl groups excluding tert-OH is 1. The van der Waals surface area contributed by atoms with E-state index < -0.39 is 0 Å². The second kappa shape index (κ2) is 11.4. The van der Waals surface area contributed by atoms with E-state index in [1.165, 1.54) is 0 Å². The zero-order chi connectivity index (χ0) is 16.3. The van der Waals surface area contributed by atoms with Crippen LogP contribution in [0.4, 0.5) is 0 Å². The van der Waals surface area contributed by atoms with Crippen LogP contribution in [-0.4, -0.2) is 73.9 Å². The molecule has 0 aliphatic carbocycles. The highest BCUT2D eigenvalue weighted by molar-refractivity contribution is 4.86. The third-order valence-electron chi connectivity index (χ3n) is 4.15. The summed E-state index contributed by atoms with van der Waals surface area (Å²) in [6.07, 6.45) is 3.17. The quantitative estimate of drug-likeness (QED) is 0.546. The minimum atomic E-state index is -0.0835. The fraction of sp³-hybridized carbons (Fsp3) is 1.00. The predicted octanol–water partition coefficient (Wildman–Crippen LogP) is 2.04. The van der Waals surface area contributed by atoms with Gasteiger partial charge in [-0.2, -0.15) is 0 Å². The molecule has 0 amide bonds. The van der Waals surface area contributed by atoms with Crippen LogP contribution in [0.5, 0.6) is 0 Å². The highest BCUT2D eigenvalue weighted by Crippen LogP contribution is 2.17. The molecule has 0 heterocycles. The molecule has 0 rings (SSSR count). The molecule has 4 heteroatoms. The largest absolute Gasteiger partial charge is 0.394 e. The molecule has 0 aromatic heterocycles. The van der Waals surface area contributed by atoms with Gasteiger partial charge in [-0.1, -0.05) is 27.7 Å². The summed E-state index contributed by atoms with van der Waals surface area (Å²) in [5.41, 5.74) is -0.0835. The normalized spacial score (nSPS) is 15.1. The summed E-state index contributed by atoms with van der Waals surface area (Å²) in [7, 11) is 4.26. The van der Waals surface area contributed by atoms with Gasteiger partial charge in [0.2, 0.25) is 0 Å². The van der Waals surface area contributed by atoms with E-state index in [-0.39, 0.29) is 12.1 Å². The van der Waals surface area contributed by atoms with E-state index in [2.05, 4.69) is 56.9 Å². The number of nitrogens with one attached hydrogen (secondary N) is 1. The Morgan fingerprint density at radius 3 is 2.19 bits per heavy atom. The molecule has 0 saturated heterocycles. The molecule has 1 atom stereocenters. The highest BCUT2D eigenvalue weighted by Gasteiger charge is 2.25. The Hall–Kier alpha value is -0.160. The lowest BCUT2D eigenvalue weighted by Crippen LogP contribution is -2.48. The lowest BCUT2D eigenvalue weighted by molar-refractivity contribution is 0.137. The molecule has 0 aromatic carbocycles. The molecule has 0 saturated carbocycles. The van der Waals surface area contributed by atoms with Crippen LogP contribution in [0.25, 0.3) is 0 Å². The predicted molar refractivity (Wildman–Crippen MR) is 92.9 cm³/mol. The van der Waals surface area contributed by atoms with Crippen molar-refractivity contribution in [3.8, 4) is 0 Å². The SMILES string of the molecule is CCNC(CC)(CO)CCCN(CCN(C)C)CC(C)C. The zero-order valence-electron chi connectivity index (χ0n) is 15.3. The first-order valence-corrected chi connectivity index (χ1v) is 8.62. The fourth-order valence-corrected chi connectivity index (χ4v) is 2.81. The van der Waals surface area contributed by atoms with E-state index in [0.717, 1.165) is 52.0 Å². The topological polar surface area (TPSA) is 38.7 Å². The third-order valence-corrected chi connectivity index (χ3v) is 4.15. The van der Waals surface area contributed by atoms with Crippen molar-refractivity contribution in [3.63, 3.8) is 0 Å². The Kier molecular flexibility index (Phi) is 11.3. The minimum absolute atomic E-state index is 0.0835. The van der Waals surface area contributed by atoms with Crippen molar-refractivity contribution in [3.05, 3.63) is 0 Å². The molecule has 0 aliphatic rings. The molecule has 0 aliphatic heterocycles. The zero-order valence-corrected chi connectivity index (χ0v) is 15.3. The monoisotopic (exact) mass is 301 g/mol. The van der Waals surface area contributed by atoms with Gasteiger partial charge >= 0.3 is 0 Å². The van der Waals surface area contributed by atoms with Gasteiger partial charge in [0.05, 0.1) is 6.61 Å². The van der Waals surface area contributed by atoms with Gasteiger partial charge in [0.15, 0.2) is 0 Å². The van der Waals surface area contributed by atoms with E-state index in [1.54, 1.807) is 0 Å². The van der Waals surface area contributed by atoms with Crippen LogP contribution in [0, 0.1) is 5.92 Å². The van der Waals surface area contributed by atoms with Crippen molar-refractivity contribution in [2.75, 3.05) is 53.4 Å². The van der Waals surface area contributed by atoms with Crippen LogP contribution in [0.15, 0.2) is 0 Å². The van der Waals surface area contributed by atoms with Gasteiger partial charge < -0.3 is 20.2 Å². The first kappa shape index (κ1) is 20.8. The van der Waals surface area contributed by atoms with Crippen LogP contribution >= 0.6 is 0 Å². The molecule has 128 valence electrons. The van der Waals surface area contributed by atoms with Crippen LogP contribution < -0.4 is 5.32 Å². The van der Waals surface area contributed by atoms with Gasteiger partial charge in [-0.25, -0.2) is 0 Å². The fourth-order valence-electron chi connectivity index (χ4n) is 2.81. The number of hydrogen-bond donors (Lipinski definition) is 2. The molecule has 0 bridgehead atoms. The number of rotatable bonds is 13. The maximum Gasteiger partial charge on any atom is 0.0613 e. The van der Waals surface area contributed by atoms with Crippen LogP contribution in [0.2, 0.25) is 0 Å². The average Bonchev–Trinajstić information content (AvgIpc) is 2.43. The van der Waals surface area contributed by atoms with Crippen molar-refractivity contribution in [1.82, 2.24) is 15.1 Å². The van der Waals surface area contributed by atoms with Gasteiger partial charge in [-0.05, 0) is 52.4 Å². The van der Waals surface area contributed by atoms with Crippen LogP contribution in [0.1, 0.15) is 47.0 Å². The summed E-state index contributed by atoms with van der Waals surface area (Å²) in [5.74, 6) is 0.703. The number of likely N-dealkylation sites (N-methyl/N-ethyl adjacent to an activating group) is 2. The summed E-state index contributed by atoms with van der Waals surface area (Å²) in [6, 6.07) is 0. The second-order valence-electron chi connectivity index (χ2n) is 6.92. The maximum absolute atomic E-state index is 9.71. The van der Waals surface area contributed by atoms with Crippen molar-refractivity contribution in [2.24, 2.45) is 5.92 Å². The molecular weight excluding hydrogens is 262 g/mol. The van der Waals surface area contributed by atoms with Crippen molar-refractivity contribution >= 4 is 0 Å². The van der Waals surface area contributed by atoms with Crippen LogP contribution in [0.3, 0.4) is 0 Å². The Morgan fingerprint density at radius 1 is 1.10 bits per heavy atom. The Balaban J connectivity index is 4.31. The van der Waals surface area contributed by atoms with Crippen molar-refractivity contribution in [2.45, 2.75) is 52.5 Å². The van der Waals surface area contributed by atoms with Crippen molar-refractivity contribution < 1.29 is 5.11 Å². The van der Waals surface area contributed by atoms with Crippen LogP contribution in [-0.2, 0) is 0 Å². The summed E-state index contributed by atoms with van der Waals surface area (Å²) in [4.78, 5) is 4.81. The van der Waals surface area contributed by atoms with E-state index in [9.17, 15) is 5.11 Å². The molecule has 1 unspecified atom stereocenters. The van der Waals surface area contributed by atoms with Gasteiger partial charge in [-0.15, -0.1) is 0 Å². The molecule has 0 aromatic rings. The Bertz CT molecular complexity index is 240. The summed E-state index contributed by atoms with van der Waals surface area (Å²) in [5, 5.41) is 13.2. The molecule has 0 radical (unpaired) electrons. The first-order valence-electron chi connectivity index (χ1n) is 8.62. The summed E-state index contributed by atoms with van der Waals surface area (Å²) in [6.45, 7) is 14.5. The molecule has 4 nitrogen and oxygen atoms in total. The number of hydrogen-bond acceptors (Lipinski definition) is 4. The minimum Gasteiger partial charge on any atom is -0.394 e. The Labute approximate surface area is 132 Å². The third kappa shape index (κ3) is 9.46. The van der Waals surface area contributed by atoms with Gasteiger partial charge in [0.1, 0.15) is 0 Å². The standard InChI is InChI=1S/C17H39N3O/c1-7-17(15-21,18-8-2)10-9-11-20(14-16(3)4)13-12-19(5)6/h16,18,21H,7-15H2,1-6H3. The van der Waals surface area contributed by atoms with Gasteiger partial charge in [0.25, 0.3) is 0 Å². The average molecular weight is 302 g/mol. The summed E-state index contributed by atoms with van der Waals surface area (Å²) < 4.78 is 0. The first-order chi connectivity index (χ1) is 9.89.